The molecule has 2 heterocycles. The maximum atomic E-state index is 11.8. The average Bonchev–Trinajstić information content (AvgIpc) is 2.76. The summed E-state index contributed by atoms with van der Waals surface area (Å²) in [7, 11) is 5.33. The lowest BCUT2D eigenvalue weighted by atomic mass is 10.3. The van der Waals surface area contributed by atoms with Gasteiger partial charge in [0.2, 0.25) is 5.91 Å². The zero-order valence-corrected chi connectivity index (χ0v) is 11.5. The Labute approximate surface area is 112 Å². The van der Waals surface area contributed by atoms with Crippen LogP contribution in [0.2, 0.25) is 0 Å². The number of fused-ring (bicyclic) bond motifs is 1. The molecule has 2 aromatic heterocycles. The number of imidazole rings is 1. The molecule has 102 valence electrons. The van der Waals surface area contributed by atoms with E-state index in [-0.39, 0.29) is 12.5 Å². The first-order valence-electron chi connectivity index (χ1n) is 6.12. The van der Waals surface area contributed by atoms with Gasteiger partial charge in [0.1, 0.15) is 5.65 Å². The van der Waals surface area contributed by atoms with Crippen LogP contribution in [0, 0.1) is 0 Å². The third-order valence-electron chi connectivity index (χ3n) is 3.03. The SMILES string of the molecule is CN(C)C(=O)CN(C)c1nc2ccccn2c1CN. The van der Waals surface area contributed by atoms with Gasteiger partial charge in [-0.15, -0.1) is 0 Å². The fraction of sp³-hybridized carbons (Fsp3) is 0.385. The number of amides is 1. The summed E-state index contributed by atoms with van der Waals surface area (Å²) in [5.41, 5.74) is 7.55. The fourth-order valence-electron chi connectivity index (χ4n) is 1.95. The molecule has 19 heavy (non-hydrogen) atoms. The summed E-state index contributed by atoms with van der Waals surface area (Å²) in [5.74, 6) is 0.784. The summed E-state index contributed by atoms with van der Waals surface area (Å²) in [6.07, 6.45) is 1.93. The molecule has 0 aromatic carbocycles. The van der Waals surface area contributed by atoms with Gasteiger partial charge >= 0.3 is 0 Å². The van der Waals surface area contributed by atoms with Gasteiger partial charge < -0.3 is 19.9 Å². The molecule has 0 saturated carbocycles. The highest BCUT2D eigenvalue weighted by atomic mass is 16.2. The van der Waals surface area contributed by atoms with Crippen LogP contribution in [-0.4, -0.2) is 47.9 Å². The Kier molecular flexibility index (Phi) is 3.71. The lowest BCUT2D eigenvalue weighted by molar-refractivity contribution is -0.127. The number of hydrogen-bond acceptors (Lipinski definition) is 4. The van der Waals surface area contributed by atoms with Crippen molar-refractivity contribution in [2.45, 2.75) is 6.54 Å². The number of carbonyl (C=O) groups is 1. The largest absolute Gasteiger partial charge is 0.349 e. The second-order valence-electron chi connectivity index (χ2n) is 4.66. The zero-order valence-electron chi connectivity index (χ0n) is 11.5. The smallest absolute Gasteiger partial charge is 0.241 e. The summed E-state index contributed by atoms with van der Waals surface area (Å²) in [5, 5.41) is 0. The number of rotatable bonds is 4. The summed E-state index contributed by atoms with van der Waals surface area (Å²) >= 11 is 0. The molecule has 0 atom stereocenters. The normalized spacial score (nSPS) is 10.7. The second-order valence-corrected chi connectivity index (χ2v) is 4.66. The topological polar surface area (TPSA) is 66.9 Å². The molecule has 2 rings (SSSR count). The van der Waals surface area contributed by atoms with E-state index in [1.54, 1.807) is 19.0 Å². The molecule has 0 radical (unpaired) electrons. The Hall–Kier alpha value is -2.08. The molecule has 0 saturated heterocycles. The molecule has 1 amide bonds. The van der Waals surface area contributed by atoms with Crippen LogP contribution in [0.3, 0.4) is 0 Å². The minimum absolute atomic E-state index is 0.0301. The summed E-state index contributed by atoms with van der Waals surface area (Å²) in [4.78, 5) is 19.7. The third kappa shape index (κ3) is 2.53. The molecule has 6 heteroatoms. The van der Waals surface area contributed by atoms with E-state index in [0.29, 0.717) is 6.54 Å². The molecular weight excluding hydrogens is 242 g/mol. The van der Waals surface area contributed by atoms with Crippen LogP contribution >= 0.6 is 0 Å². The van der Waals surface area contributed by atoms with Crippen molar-refractivity contribution in [2.75, 3.05) is 32.6 Å². The highest BCUT2D eigenvalue weighted by molar-refractivity contribution is 5.81. The summed E-state index contributed by atoms with van der Waals surface area (Å²) in [6, 6.07) is 5.78. The van der Waals surface area contributed by atoms with Crippen molar-refractivity contribution in [2.24, 2.45) is 5.73 Å². The Balaban J connectivity index is 2.36. The number of carbonyl (C=O) groups excluding carboxylic acids is 1. The maximum Gasteiger partial charge on any atom is 0.241 e. The lowest BCUT2D eigenvalue weighted by Crippen LogP contribution is -2.35. The van der Waals surface area contributed by atoms with Crippen LogP contribution in [0.5, 0.6) is 0 Å². The van der Waals surface area contributed by atoms with Crippen LogP contribution in [0.4, 0.5) is 5.82 Å². The highest BCUT2D eigenvalue weighted by Gasteiger charge is 2.17. The lowest BCUT2D eigenvalue weighted by Gasteiger charge is -2.19. The number of hydrogen-bond donors (Lipinski definition) is 1. The van der Waals surface area contributed by atoms with E-state index < -0.39 is 0 Å². The van der Waals surface area contributed by atoms with Crippen LogP contribution in [0.1, 0.15) is 5.69 Å². The predicted octanol–water partition coefficient (Wildman–Crippen LogP) is 0.317. The van der Waals surface area contributed by atoms with Crippen molar-refractivity contribution < 1.29 is 4.79 Å². The molecular formula is C13H19N5O. The Bertz CT molecular complexity index is 590. The molecule has 0 bridgehead atoms. The minimum Gasteiger partial charge on any atom is -0.349 e. The van der Waals surface area contributed by atoms with E-state index in [0.717, 1.165) is 17.2 Å². The maximum absolute atomic E-state index is 11.8. The van der Waals surface area contributed by atoms with Gasteiger partial charge in [0, 0.05) is 33.9 Å². The van der Waals surface area contributed by atoms with Gasteiger partial charge in [-0.1, -0.05) is 6.07 Å². The van der Waals surface area contributed by atoms with E-state index in [1.165, 1.54) is 0 Å². The fourth-order valence-corrected chi connectivity index (χ4v) is 1.95. The van der Waals surface area contributed by atoms with E-state index in [2.05, 4.69) is 4.98 Å². The first-order valence-corrected chi connectivity index (χ1v) is 6.12. The number of likely N-dealkylation sites (N-methyl/N-ethyl adjacent to an activating group) is 2. The molecule has 6 nitrogen and oxygen atoms in total. The Morgan fingerprint density at radius 3 is 2.74 bits per heavy atom. The van der Waals surface area contributed by atoms with Gasteiger partial charge in [0.25, 0.3) is 0 Å². The highest BCUT2D eigenvalue weighted by Crippen LogP contribution is 2.20. The van der Waals surface area contributed by atoms with E-state index in [1.807, 2.05) is 40.7 Å². The summed E-state index contributed by atoms with van der Waals surface area (Å²) < 4.78 is 1.95. The molecule has 0 aliphatic carbocycles. The first kappa shape index (κ1) is 13.4. The number of nitrogens with two attached hydrogens (primary N) is 1. The van der Waals surface area contributed by atoms with Crippen molar-refractivity contribution in [1.29, 1.82) is 0 Å². The predicted molar refractivity (Wildman–Crippen MR) is 75.0 cm³/mol. The minimum atomic E-state index is 0.0301. The quantitative estimate of drug-likeness (QED) is 0.860. The summed E-state index contributed by atoms with van der Waals surface area (Å²) in [6.45, 7) is 0.658. The molecule has 0 fully saturated rings. The van der Waals surface area contributed by atoms with Gasteiger partial charge in [0.05, 0.1) is 12.2 Å². The Morgan fingerprint density at radius 1 is 1.37 bits per heavy atom. The van der Waals surface area contributed by atoms with E-state index >= 15 is 0 Å². The van der Waals surface area contributed by atoms with Crippen LogP contribution in [-0.2, 0) is 11.3 Å². The number of anilines is 1. The third-order valence-corrected chi connectivity index (χ3v) is 3.03. The van der Waals surface area contributed by atoms with Gasteiger partial charge in [0.15, 0.2) is 5.82 Å². The van der Waals surface area contributed by atoms with E-state index in [4.69, 9.17) is 5.73 Å². The number of pyridine rings is 1. The van der Waals surface area contributed by atoms with Gasteiger partial charge in [-0.25, -0.2) is 4.98 Å². The van der Waals surface area contributed by atoms with Gasteiger partial charge in [-0.3, -0.25) is 4.79 Å². The number of aromatic nitrogens is 2. The number of nitrogens with zero attached hydrogens (tertiary/aromatic N) is 4. The van der Waals surface area contributed by atoms with Crippen LogP contribution in [0.15, 0.2) is 24.4 Å². The van der Waals surface area contributed by atoms with Crippen LogP contribution in [0.25, 0.3) is 5.65 Å². The van der Waals surface area contributed by atoms with Crippen LogP contribution < -0.4 is 10.6 Å². The zero-order chi connectivity index (χ0) is 14.0. The standard InChI is InChI=1S/C13H19N5O/c1-16(2)12(19)9-17(3)13-10(8-14)18-7-5-4-6-11(18)15-13/h4-7H,8-9,14H2,1-3H3. The molecule has 2 N–H and O–H groups in total. The molecule has 0 spiro atoms. The first-order chi connectivity index (χ1) is 9.04. The molecule has 0 aliphatic rings. The van der Waals surface area contributed by atoms with Gasteiger partial charge in [-0.05, 0) is 12.1 Å². The van der Waals surface area contributed by atoms with Crippen molar-refractivity contribution in [3.8, 4) is 0 Å². The van der Waals surface area contributed by atoms with Crippen molar-refractivity contribution in [1.82, 2.24) is 14.3 Å². The average molecular weight is 261 g/mol. The molecule has 0 unspecified atom stereocenters. The molecule has 0 aliphatic heterocycles. The Morgan fingerprint density at radius 2 is 2.11 bits per heavy atom. The van der Waals surface area contributed by atoms with Crippen molar-refractivity contribution in [3.05, 3.63) is 30.1 Å². The van der Waals surface area contributed by atoms with Crippen molar-refractivity contribution in [3.63, 3.8) is 0 Å². The van der Waals surface area contributed by atoms with Gasteiger partial charge in [-0.2, -0.15) is 0 Å². The van der Waals surface area contributed by atoms with E-state index in [9.17, 15) is 4.79 Å². The van der Waals surface area contributed by atoms with Crippen molar-refractivity contribution >= 4 is 17.4 Å². The monoisotopic (exact) mass is 261 g/mol. The molecule has 2 aromatic rings. The second kappa shape index (κ2) is 5.27.